The van der Waals surface area contributed by atoms with Crippen LogP contribution in [0.25, 0.3) is 0 Å². The van der Waals surface area contributed by atoms with Gasteiger partial charge in [0.2, 0.25) is 0 Å². The van der Waals surface area contributed by atoms with Gasteiger partial charge in [-0.15, -0.1) is 0 Å². The van der Waals surface area contributed by atoms with E-state index < -0.39 is 0 Å². The fraction of sp³-hybridized carbons (Fsp3) is 0.600. The molecule has 1 aromatic carbocycles. The van der Waals surface area contributed by atoms with Crippen LogP contribution in [0.4, 0.5) is 0 Å². The van der Waals surface area contributed by atoms with E-state index in [1.807, 2.05) is 12.1 Å². The van der Waals surface area contributed by atoms with Crippen LogP contribution in [0.5, 0.6) is 11.5 Å². The van der Waals surface area contributed by atoms with E-state index in [1.54, 1.807) is 0 Å². The highest BCUT2D eigenvalue weighted by Crippen LogP contribution is 2.45. The van der Waals surface area contributed by atoms with Crippen molar-refractivity contribution in [3.63, 3.8) is 0 Å². The Kier molecular flexibility index (Phi) is 8.83. The molecule has 2 aliphatic heterocycles. The molecule has 2 fully saturated rings. The SMILES string of the molecule is N#Cc1c(C#N)c(OCCC2OCCCO2)c(Cl)c(Cl)c1OCCC1OCCCO1. The molecule has 0 amide bonds. The second-order valence-electron chi connectivity index (χ2n) is 6.58. The maximum atomic E-state index is 9.62. The Labute approximate surface area is 185 Å². The lowest BCUT2D eigenvalue weighted by Gasteiger charge is -2.24. The molecule has 0 aromatic heterocycles. The van der Waals surface area contributed by atoms with E-state index in [2.05, 4.69) is 0 Å². The van der Waals surface area contributed by atoms with Crippen LogP contribution in [0.15, 0.2) is 0 Å². The van der Waals surface area contributed by atoms with E-state index in [9.17, 15) is 10.5 Å². The van der Waals surface area contributed by atoms with E-state index in [0.29, 0.717) is 39.3 Å². The van der Waals surface area contributed by atoms with Crippen molar-refractivity contribution in [2.45, 2.75) is 38.3 Å². The number of nitrogens with zero attached hydrogens (tertiary/aromatic N) is 2. The first-order valence-electron chi connectivity index (χ1n) is 9.72. The lowest BCUT2D eigenvalue weighted by Crippen LogP contribution is -2.26. The first kappa shape index (κ1) is 22.9. The van der Waals surface area contributed by atoms with Gasteiger partial charge in [0.15, 0.2) is 24.1 Å². The van der Waals surface area contributed by atoms with Gasteiger partial charge < -0.3 is 28.4 Å². The maximum absolute atomic E-state index is 9.62. The highest BCUT2D eigenvalue weighted by Gasteiger charge is 2.26. The Hall–Kier alpha value is -1.78. The fourth-order valence-corrected chi connectivity index (χ4v) is 3.52. The molecule has 0 radical (unpaired) electrons. The topological polar surface area (TPSA) is 103 Å². The van der Waals surface area contributed by atoms with Crippen molar-refractivity contribution < 1.29 is 28.4 Å². The smallest absolute Gasteiger partial charge is 0.160 e. The third-order valence-corrected chi connectivity index (χ3v) is 5.33. The quantitative estimate of drug-likeness (QED) is 0.581. The van der Waals surface area contributed by atoms with Gasteiger partial charge in [0.25, 0.3) is 0 Å². The molecule has 10 heteroatoms. The summed E-state index contributed by atoms with van der Waals surface area (Å²) >= 11 is 12.7. The molecule has 0 spiro atoms. The largest absolute Gasteiger partial charge is 0.490 e. The number of nitriles is 2. The molecule has 2 saturated heterocycles. The number of hydrogen-bond donors (Lipinski definition) is 0. The van der Waals surface area contributed by atoms with Gasteiger partial charge in [0.05, 0.1) is 39.6 Å². The number of ether oxygens (including phenoxy) is 6. The molecule has 0 atom stereocenters. The van der Waals surface area contributed by atoms with Crippen LogP contribution in [0.1, 0.15) is 36.8 Å². The molecule has 2 aliphatic rings. The van der Waals surface area contributed by atoms with Gasteiger partial charge in [0.1, 0.15) is 33.3 Å². The summed E-state index contributed by atoms with van der Waals surface area (Å²) in [6.45, 7) is 2.86. The summed E-state index contributed by atoms with van der Waals surface area (Å²) in [5.74, 6) is 0.0886. The van der Waals surface area contributed by atoms with Gasteiger partial charge in [-0.2, -0.15) is 10.5 Å². The second kappa shape index (κ2) is 11.6. The van der Waals surface area contributed by atoms with Gasteiger partial charge >= 0.3 is 0 Å². The van der Waals surface area contributed by atoms with Gasteiger partial charge in [-0.3, -0.25) is 0 Å². The fourth-order valence-electron chi connectivity index (χ4n) is 3.05. The van der Waals surface area contributed by atoms with E-state index in [1.165, 1.54) is 0 Å². The average molecular weight is 457 g/mol. The summed E-state index contributed by atoms with van der Waals surface area (Å²) < 4.78 is 33.3. The Morgan fingerprint density at radius 1 is 0.733 bits per heavy atom. The van der Waals surface area contributed by atoms with Crippen molar-refractivity contribution in [1.82, 2.24) is 0 Å². The van der Waals surface area contributed by atoms with E-state index in [4.69, 9.17) is 51.6 Å². The molecule has 0 bridgehead atoms. The Morgan fingerprint density at radius 2 is 1.10 bits per heavy atom. The summed E-state index contributed by atoms with van der Waals surface area (Å²) in [5, 5.41) is 19.3. The predicted molar refractivity (Wildman–Crippen MR) is 107 cm³/mol. The Morgan fingerprint density at radius 3 is 1.43 bits per heavy atom. The maximum Gasteiger partial charge on any atom is 0.160 e. The number of halogens is 2. The summed E-state index contributed by atoms with van der Waals surface area (Å²) in [6, 6.07) is 3.94. The van der Waals surface area contributed by atoms with Crippen LogP contribution in [0, 0.1) is 22.7 Å². The van der Waals surface area contributed by atoms with Crippen LogP contribution in [-0.4, -0.2) is 52.2 Å². The van der Waals surface area contributed by atoms with Crippen molar-refractivity contribution in [1.29, 1.82) is 10.5 Å². The van der Waals surface area contributed by atoms with E-state index in [0.717, 1.165) is 12.8 Å². The van der Waals surface area contributed by atoms with Crippen LogP contribution in [0.2, 0.25) is 10.0 Å². The van der Waals surface area contributed by atoms with E-state index in [-0.39, 0.29) is 58.5 Å². The Bertz CT molecular complexity index is 744. The van der Waals surface area contributed by atoms with Gasteiger partial charge in [-0.05, 0) is 12.8 Å². The van der Waals surface area contributed by atoms with Crippen LogP contribution >= 0.6 is 23.2 Å². The molecule has 162 valence electrons. The molecular formula is C20H22Cl2N2O6. The van der Waals surface area contributed by atoms with Crippen molar-refractivity contribution >= 4 is 23.2 Å². The summed E-state index contributed by atoms with van der Waals surface area (Å²) in [5.41, 5.74) is -0.0601. The monoisotopic (exact) mass is 456 g/mol. The van der Waals surface area contributed by atoms with Crippen molar-refractivity contribution in [3.05, 3.63) is 21.2 Å². The molecule has 0 N–H and O–H groups in total. The van der Waals surface area contributed by atoms with Gasteiger partial charge in [-0.1, -0.05) is 23.2 Å². The van der Waals surface area contributed by atoms with Crippen LogP contribution in [0.3, 0.4) is 0 Å². The van der Waals surface area contributed by atoms with Gasteiger partial charge in [0, 0.05) is 12.8 Å². The zero-order valence-electron chi connectivity index (χ0n) is 16.3. The lowest BCUT2D eigenvalue weighted by molar-refractivity contribution is -0.183. The minimum absolute atomic E-state index is 0.0119. The first-order chi connectivity index (χ1) is 14.7. The lowest BCUT2D eigenvalue weighted by atomic mass is 10.1. The molecule has 0 aliphatic carbocycles. The third kappa shape index (κ3) is 5.67. The normalized spacial score (nSPS) is 17.9. The number of rotatable bonds is 8. The average Bonchev–Trinajstić information content (AvgIpc) is 2.79. The number of benzene rings is 1. The highest BCUT2D eigenvalue weighted by atomic mass is 35.5. The molecule has 30 heavy (non-hydrogen) atoms. The first-order valence-corrected chi connectivity index (χ1v) is 10.5. The summed E-state index contributed by atoms with van der Waals surface area (Å²) in [7, 11) is 0. The highest BCUT2D eigenvalue weighted by molar-refractivity contribution is 6.44. The van der Waals surface area contributed by atoms with Crippen molar-refractivity contribution in [2.75, 3.05) is 39.6 Å². The Balaban J connectivity index is 1.70. The summed E-state index contributed by atoms with van der Waals surface area (Å²) in [6.07, 6.45) is 1.84. The minimum atomic E-state index is -0.374. The minimum Gasteiger partial charge on any atom is -0.490 e. The zero-order valence-corrected chi connectivity index (χ0v) is 17.8. The van der Waals surface area contributed by atoms with Crippen molar-refractivity contribution in [2.24, 2.45) is 0 Å². The van der Waals surface area contributed by atoms with Gasteiger partial charge in [-0.25, -0.2) is 0 Å². The molecule has 2 heterocycles. The second-order valence-corrected chi connectivity index (χ2v) is 7.34. The third-order valence-electron chi connectivity index (χ3n) is 4.51. The molecular weight excluding hydrogens is 435 g/mol. The molecule has 0 saturated carbocycles. The molecule has 3 rings (SSSR count). The molecule has 1 aromatic rings. The van der Waals surface area contributed by atoms with Crippen LogP contribution in [-0.2, 0) is 18.9 Å². The standard InChI is InChI=1S/C20H22Cl2N2O6/c21-17-18(22)20(30-10-4-16-27-7-2-8-28-16)14(12-24)13(11-23)19(17)29-9-3-15-25-5-1-6-26-15/h15-16H,1-10H2. The summed E-state index contributed by atoms with van der Waals surface area (Å²) in [4.78, 5) is 0. The molecule has 0 unspecified atom stereocenters. The van der Waals surface area contributed by atoms with E-state index >= 15 is 0 Å². The van der Waals surface area contributed by atoms with Crippen molar-refractivity contribution in [3.8, 4) is 23.6 Å². The van der Waals surface area contributed by atoms with Crippen LogP contribution < -0.4 is 9.47 Å². The number of hydrogen-bond acceptors (Lipinski definition) is 8. The predicted octanol–water partition coefficient (Wildman–Crippen LogP) is 3.80. The zero-order chi connectivity index (χ0) is 21.3. The molecule has 8 nitrogen and oxygen atoms in total.